The largest absolute Gasteiger partial charge is 0.872 e. The molecule has 0 fully saturated rings. The Morgan fingerprint density at radius 1 is 1.09 bits per heavy atom. The topological polar surface area (TPSA) is 23.1 Å². The first-order valence-corrected chi connectivity index (χ1v) is 3.78. The summed E-state index contributed by atoms with van der Waals surface area (Å²) < 4.78 is 0. The molecular formula is C10H13O-. The molecule has 60 valence electrons. The molecule has 0 spiro atoms. The van der Waals surface area contributed by atoms with Crippen LogP contribution in [-0.2, 0) is 5.41 Å². The van der Waals surface area contributed by atoms with Gasteiger partial charge in [-0.15, -0.1) is 5.75 Å². The number of hydrogen-bond donors (Lipinski definition) is 0. The van der Waals surface area contributed by atoms with Gasteiger partial charge in [0.15, 0.2) is 0 Å². The summed E-state index contributed by atoms with van der Waals surface area (Å²) in [6.45, 7) is 6.14. The Morgan fingerprint density at radius 3 is 2.00 bits per heavy atom. The Bertz CT molecular complexity index is 245. The monoisotopic (exact) mass is 149 g/mol. The van der Waals surface area contributed by atoms with E-state index in [0.29, 0.717) is 0 Å². The highest BCUT2D eigenvalue weighted by atomic mass is 16.3. The molecule has 0 aliphatic heterocycles. The summed E-state index contributed by atoms with van der Waals surface area (Å²) in [5.74, 6) is 0.139. The van der Waals surface area contributed by atoms with E-state index in [1.165, 1.54) is 0 Å². The van der Waals surface area contributed by atoms with E-state index >= 15 is 0 Å². The normalized spacial score (nSPS) is 11.5. The van der Waals surface area contributed by atoms with Crippen molar-refractivity contribution < 1.29 is 5.11 Å². The molecule has 0 N–H and O–H groups in total. The van der Waals surface area contributed by atoms with Crippen molar-refractivity contribution in [2.45, 2.75) is 26.2 Å². The van der Waals surface area contributed by atoms with Gasteiger partial charge in [-0.2, -0.15) is 0 Å². The Balaban J connectivity index is 3.14. The Hall–Kier alpha value is -0.980. The molecule has 1 heteroatoms. The SMILES string of the molecule is CC(C)(C)c1ccccc1[O-]. The van der Waals surface area contributed by atoms with E-state index in [-0.39, 0.29) is 11.2 Å². The van der Waals surface area contributed by atoms with Crippen molar-refractivity contribution in [1.82, 2.24) is 0 Å². The van der Waals surface area contributed by atoms with Crippen LogP contribution in [0.15, 0.2) is 24.3 Å². The molecule has 0 aromatic heterocycles. The van der Waals surface area contributed by atoms with Crippen molar-refractivity contribution in [3.63, 3.8) is 0 Å². The Morgan fingerprint density at radius 2 is 1.64 bits per heavy atom. The van der Waals surface area contributed by atoms with Crippen LogP contribution in [-0.4, -0.2) is 0 Å². The zero-order valence-corrected chi connectivity index (χ0v) is 7.22. The lowest BCUT2D eigenvalue weighted by Gasteiger charge is -2.25. The second-order valence-corrected chi connectivity index (χ2v) is 3.75. The molecule has 11 heavy (non-hydrogen) atoms. The van der Waals surface area contributed by atoms with Crippen molar-refractivity contribution >= 4 is 0 Å². The molecule has 1 rings (SSSR count). The summed E-state index contributed by atoms with van der Waals surface area (Å²) in [6, 6.07) is 7.18. The van der Waals surface area contributed by atoms with Gasteiger partial charge in [-0.05, 0) is 5.41 Å². The third-order valence-corrected chi connectivity index (χ3v) is 1.70. The van der Waals surface area contributed by atoms with Gasteiger partial charge in [-0.1, -0.05) is 50.6 Å². The van der Waals surface area contributed by atoms with Crippen molar-refractivity contribution in [2.24, 2.45) is 0 Å². The summed E-state index contributed by atoms with van der Waals surface area (Å²) in [6.07, 6.45) is 0. The van der Waals surface area contributed by atoms with Gasteiger partial charge in [-0.25, -0.2) is 0 Å². The molecule has 0 unspecified atom stereocenters. The van der Waals surface area contributed by atoms with Crippen LogP contribution in [0, 0.1) is 0 Å². The standard InChI is InChI=1S/C10H14O/c1-10(2,3)8-6-4-5-7-9(8)11/h4-7,11H,1-3H3/p-1. The van der Waals surface area contributed by atoms with Crippen LogP contribution >= 0.6 is 0 Å². The molecular weight excluding hydrogens is 136 g/mol. The van der Waals surface area contributed by atoms with E-state index in [4.69, 9.17) is 0 Å². The summed E-state index contributed by atoms with van der Waals surface area (Å²) in [4.78, 5) is 0. The van der Waals surface area contributed by atoms with Gasteiger partial charge in [-0.3, -0.25) is 0 Å². The molecule has 0 aliphatic rings. The number of hydrogen-bond acceptors (Lipinski definition) is 1. The van der Waals surface area contributed by atoms with Crippen molar-refractivity contribution in [3.05, 3.63) is 29.8 Å². The number of rotatable bonds is 0. The molecule has 0 amide bonds. The van der Waals surface area contributed by atoms with E-state index in [2.05, 4.69) is 0 Å². The lowest BCUT2D eigenvalue weighted by Crippen LogP contribution is -2.13. The van der Waals surface area contributed by atoms with Crippen LogP contribution in [0.5, 0.6) is 5.75 Å². The average molecular weight is 149 g/mol. The molecule has 0 bridgehead atoms. The van der Waals surface area contributed by atoms with Crippen molar-refractivity contribution in [2.75, 3.05) is 0 Å². The van der Waals surface area contributed by atoms with Gasteiger partial charge in [0.05, 0.1) is 0 Å². The lowest BCUT2D eigenvalue weighted by molar-refractivity contribution is -0.270. The van der Waals surface area contributed by atoms with Gasteiger partial charge in [0.25, 0.3) is 0 Å². The van der Waals surface area contributed by atoms with E-state index in [1.807, 2.05) is 32.9 Å². The van der Waals surface area contributed by atoms with Gasteiger partial charge < -0.3 is 5.11 Å². The molecule has 0 atom stereocenters. The quantitative estimate of drug-likeness (QED) is 0.553. The Labute approximate surface area is 67.7 Å². The first-order valence-electron chi connectivity index (χ1n) is 3.78. The minimum atomic E-state index is -0.0294. The molecule has 0 aliphatic carbocycles. The maximum atomic E-state index is 11.3. The molecule has 1 nitrogen and oxygen atoms in total. The lowest BCUT2D eigenvalue weighted by atomic mass is 9.86. The highest BCUT2D eigenvalue weighted by Gasteiger charge is 2.12. The van der Waals surface area contributed by atoms with Crippen LogP contribution in [0.4, 0.5) is 0 Å². The van der Waals surface area contributed by atoms with Gasteiger partial charge >= 0.3 is 0 Å². The second kappa shape index (κ2) is 2.57. The van der Waals surface area contributed by atoms with E-state index < -0.39 is 0 Å². The minimum absolute atomic E-state index is 0.0294. The van der Waals surface area contributed by atoms with Gasteiger partial charge in [0.2, 0.25) is 0 Å². The highest BCUT2D eigenvalue weighted by molar-refractivity contribution is 5.35. The van der Waals surface area contributed by atoms with Gasteiger partial charge in [0.1, 0.15) is 0 Å². The zero-order chi connectivity index (χ0) is 8.48. The fourth-order valence-corrected chi connectivity index (χ4v) is 1.09. The molecule has 0 saturated carbocycles. The first-order chi connectivity index (χ1) is 5.02. The summed E-state index contributed by atoms with van der Waals surface area (Å²) in [5.41, 5.74) is 0.859. The minimum Gasteiger partial charge on any atom is -0.872 e. The molecule has 0 saturated heterocycles. The van der Waals surface area contributed by atoms with Crippen LogP contribution in [0.25, 0.3) is 0 Å². The molecule has 1 aromatic rings. The molecule has 0 radical (unpaired) electrons. The molecule has 0 heterocycles. The number of benzene rings is 1. The fourth-order valence-electron chi connectivity index (χ4n) is 1.09. The first kappa shape index (κ1) is 8.12. The van der Waals surface area contributed by atoms with E-state index in [9.17, 15) is 5.11 Å². The van der Waals surface area contributed by atoms with Gasteiger partial charge in [0, 0.05) is 0 Å². The fraction of sp³-hybridized carbons (Fsp3) is 0.400. The second-order valence-electron chi connectivity index (χ2n) is 3.75. The van der Waals surface area contributed by atoms with Crippen LogP contribution in [0.3, 0.4) is 0 Å². The summed E-state index contributed by atoms with van der Waals surface area (Å²) in [7, 11) is 0. The zero-order valence-electron chi connectivity index (χ0n) is 7.22. The highest BCUT2D eigenvalue weighted by Crippen LogP contribution is 2.27. The van der Waals surface area contributed by atoms with Crippen LogP contribution in [0.2, 0.25) is 0 Å². The van der Waals surface area contributed by atoms with E-state index in [0.717, 1.165) is 5.56 Å². The molecule has 1 aromatic carbocycles. The predicted molar refractivity (Wildman–Crippen MR) is 44.6 cm³/mol. The average Bonchev–Trinajstić information content (AvgIpc) is 1.86. The third kappa shape index (κ3) is 1.73. The third-order valence-electron chi connectivity index (χ3n) is 1.70. The van der Waals surface area contributed by atoms with E-state index in [1.54, 1.807) is 12.1 Å². The summed E-state index contributed by atoms with van der Waals surface area (Å²) in [5, 5.41) is 11.3. The van der Waals surface area contributed by atoms with Crippen molar-refractivity contribution in [3.8, 4) is 5.75 Å². The maximum absolute atomic E-state index is 11.3. The predicted octanol–water partition coefficient (Wildman–Crippen LogP) is 2.06. The van der Waals surface area contributed by atoms with Crippen molar-refractivity contribution in [1.29, 1.82) is 0 Å². The van der Waals surface area contributed by atoms with Crippen LogP contribution in [0.1, 0.15) is 26.3 Å². The number of para-hydroxylation sites is 1. The smallest absolute Gasteiger partial charge is 0.0138 e. The van der Waals surface area contributed by atoms with Crippen LogP contribution < -0.4 is 5.11 Å². The maximum Gasteiger partial charge on any atom is -0.0138 e. The summed E-state index contributed by atoms with van der Waals surface area (Å²) >= 11 is 0. The Kier molecular flexibility index (Phi) is 1.90.